The quantitative estimate of drug-likeness (QED) is 0.626. The molecule has 2 aromatic rings. The molecule has 0 saturated carbocycles. The summed E-state index contributed by atoms with van der Waals surface area (Å²) in [4.78, 5) is 0. The first kappa shape index (κ1) is 18.2. The molecule has 0 bridgehead atoms. The van der Waals surface area contributed by atoms with Crippen LogP contribution >= 0.6 is 0 Å². The van der Waals surface area contributed by atoms with E-state index >= 15 is 0 Å². The Morgan fingerprint density at radius 2 is 1.83 bits per heavy atom. The first-order valence-corrected chi connectivity index (χ1v) is 8.80. The molecule has 3 heteroatoms. The monoisotopic (exact) mass is 327 g/mol. The molecule has 2 aromatic carbocycles. The van der Waals surface area contributed by atoms with Crippen molar-refractivity contribution in [2.75, 3.05) is 25.1 Å². The fraction of sp³-hybridized carbons (Fsp3) is 0.429. The summed E-state index contributed by atoms with van der Waals surface area (Å²) in [7, 11) is 0. The predicted molar refractivity (Wildman–Crippen MR) is 101 cm³/mol. The highest BCUT2D eigenvalue weighted by molar-refractivity contribution is 5.48. The summed E-state index contributed by atoms with van der Waals surface area (Å²) in [6.45, 7) is 10.7. The molecule has 0 fully saturated rings. The molecular formula is C21H29NO2. The van der Waals surface area contributed by atoms with Gasteiger partial charge in [-0.05, 0) is 48.6 Å². The van der Waals surface area contributed by atoms with Crippen LogP contribution < -0.4 is 14.8 Å². The molecule has 2 rings (SSSR count). The number of nitrogens with one attached hydrogen (secondary N) is 1. The summed E-state index contributed by atoms with van der Waals surface area (Å²) in [5.74, 6) is 2.36. The molecule has 0 atom stereocenters. The SMILES string of the molecule is CCCOc1cccc(NCCOc2cc(C)ccc2C(C)C)c1. The van der Waals surface area contributed by atoms with E-state index in [1.807, 2.05) is 24.3 Å². The highest BCUT2D eigenvalue weighted by Gasteiger charge is 2.07. The average molecular weight is 327 g/mol. The summed E-state index contributed by atoms with van der Waals surface area (Å²) < 4.78 is 11.7. The molecule has 0 aromatic heterocycles. The molecule has 0 saturated heterocycles. The van der Waals surface area contributed by atoms with E-state index in [1.165, 1.54) is 11.1 Å². The molecule has 0 spiro atoms. The summed E-state index contributed by atoms with van der Waals surface area (Å²) in [6, 6.07) is 14.5. The van der Waals surface area contributed by atoms with Gasteiger partial charge in [-0.3, -0.25) is 0 Å². The van der Waals surface area contributed by atoms with Gasteiger partial charge in [-0.15, -0.1) is 0 Å². The molecular weight excluding hydrogens is 298 g/mol. The third kappa shape index (κ3) is 5.48. The smallest absolute Gasteiger partial charge is 0.123 e. The van der Waals surface area contributed by atoms with Gasteiger partial charge in [-0.25, -0.2) is 0 Å². The molecule has 1 N–H and O–H groups in total. The Morgan fingerprint density at radius 3 is 2.58 bits per heavy atom. The van der Waals surface area contributed by atoms with Gasteiger partial charge in [0.2, 0.25) is 0 Å². The van der Waals surface area contributed by atoms with Gasteiger partial charge in [0.15, 0.2) is 0 Å². The minimum absolute atomic E-state index is 0.459. The Kier molecular flexibility index (Phi) is 6.98. The Hall–Kier alpha value is -2.16. The van der Waals surface area contributed by atoms with Crippen molar-refractivity contribution in [3.8, 4) is 11.5 Å². The Labute approximate surface area is 146 Å². The zero-order valence-electron chi connectivity index (χ0n) is 15.3. The molecule has 0 heterocycles. The normalized spacial score (nSPS) is 10.7. The van der Waals surface area contributed by atoms with Crippen molar-refractivity contribution >= 4 is 5.69 Å². The lowest BCUT2D eigenvalue weighted by molar-refractivity contribution is 0.317. The highest BCUT2D eigenvalue weighted by atomic mass is 16.5. The van der Waals surface area contributed by atoms with Crippen molar-refractivity contribution in [1.82, 2.24) is 0 Å². The molecule has 0 amide bonds. The molecule has 0 aliphatic rings. The number of rotatable bonds is 9. The Balaban J connectivity index is 1.86. The van der Waals surface area contributed by atoms with E-state index in [1.54, 1.807) is 0 Å². The van der Waals surface area contributed by atoms with Crippen LogP contribution in [0.2, 0.25) is 0 Å². The first-order chi connectivity index (χ1) is 11.6. The van der Waals surface area contributed by atoms with Crippen molar-refractivity contribution in [2.45, 2.75) is 40.0 Å². The number of ether oxygens (including phenoxy) is 2. The molecule has 24 heavy (non-hydrogen) atoms. The van der Waals surface area contributed by atoms with E-state index < -0.39 is 0 Å². The van der Waals surface area contributed by atoms with Crippen LogP contribution in [0.5, 0.6) is 11.5 Å². The second kappa shape index (κ2) is 9.21. The molecule has 130 valence electrons. The van der Waals surface area contributed by atoms with Crippen LogP contribution in [-0.2, 0) is 0 Å². The van der Waals surface area contributed by atoms with Crippen LogP contribution in [0.15, 0.2) is 42.5 Å². The lowest BCUT2D eigenvalue weighted by atomic mass is 10.0. The third-order valence-electron chi connectivity index (χ3n) is 3.79. The van der Waals surface area contributed by atoms with Crippen LogP contribution in [-0.4, -0.2) is 19.8 Å². The molecule has 0 aliphatic heterocycles. The second-order valence-electron chi connectivity index (χ2n) is 6.35. The summed E-state index contributed by atoms with van der Waals surface area (Å²) in [5, 5.41) is 3.39. The van der Waals surface area contributed by atoms with Crippen molar-refractivity contribution in [3.05, 3.63) is 53.6 Å². The molecule has 0 unspecified atom stereocenters. The van der Waals surface area contributed by atoms with Gasteiger partial charge in [0.25, 0.3) is 0 Å². The topological polar surface area (TPSA) is 30.5 Å². The fourth-order valence-corrected chi connectivity index (χ4v) is 2.52. The number of aryl methyl sites for hydroxylation is 1. The number of benzene rings is 2. The lowest BCUT2D eigenvalue weighted by Gasteiger charge is -2.15. The number of hydrogen-bond acceptors (Lipinski definition) is 3. The standard InChI is InChI=1S/C21H29NO2/c1-5-12-23-19-8-6-7-18(15-19)22-11-13-24-21-14-17(4)9-10-20(21)16(2)3/h6-10,14-16,22H,5,11-13H2,1-4H3. The highest BCUT2D eigenvalue weighted by Crippen LogP contribution is 2.27. The maximum Gasteiger partial charge on any atom is 0.123 e. The van der Waals surface area contributed by atoms with E-state index in [9.17, 15) is 0 Å². The van der Waals surface area contributed by atoms with Crippen LogP contribution in [0.4, 0.5) is 5.69 Å². The molecule has 0 aliphatic carbocycles. The van der Waals surface area contributed by atoms with Gasteiger partial charge in [0, 0.05) is 18.3 Å². The number of anilines is 1. The van der Waals surface area contributed by atoms with Crippen molar-refractivity contribution < 1.29 is 9.47 Å². The van der Waals surface area contributed by atoms with E-state index in [0.29, 0.717) is 12.5 Å². The second-order valence-corrected chi connectivity index (χ2v) is 6.35. The fourth-order valence-electron chi connectivity index (χ4n) is 2.52. The minimum atomic E-state index is 0.459. The maximum absolute atomic E-state index is 6.00. The van der Waals surface area contributed by atoms with Crippen LogP contribution in [0.3, 0.4) is 0 Å². The van der Waals surface area contributed by atoms with Gasteiger partial charge in [0.1, 0.15) is 18.1 Å². The van der Waals surface area contributed by atoms with Crippen molar-refractivity contribution in [3.63, 3.8) is 0 Å². The van der Waals surface area contributed by atoms with Gasteiger partial charge in [-0.2, -0.15) is 0 Å². The molecule has 3 nitrogen and oxygen atoms in total. The van der Waals surface area contributed by atoms with Gasteiger partial charge >= 0.3 is 0 Å². The van der Waals surface area contributed by atoms with Crippen molar-refractivity contribution in [1.29, 1.82) is 0 Å². The van der Waals surface area contributed by atoms with Crippen molar-refractivity contribution in [2.24, 2.45) is 0 Å². The van der Waals surface area contributed by atoms with E-state index in [2.05, 4.69) is 51.2 Å². The van der Waals surface area contributed by atoms with Crippen LogP contribution in [0, 0.1) is 6.92 Å². The van der Waals surface area contributed by atoms with E-state index in [-0.39, 0.29) is 0 Å². The lowest BCUT2D eigenvalue weighted by Crippen LogP contribution is -2.12. The summed E-state index contributed by atoms with van der Waals surface area (Å²) >= 11 is 0. The van der Waals surface area contributed by atoms with Crippen LogP contribution in [0.1, 0.15) is 44.2 Å². The summed E-state index contributed by atoms with van der Waals surface area (Å²) in [5.41, 5.74) is 3.54. The predicted octanol–water partition coefficient (Wildman–Crippen LogP) is 5.40. The zero-order valence-corrected chi connectivity index (χ0v) is 15.3. The first-order valence-electron chi connectivity index (χ1n) is 8.80. The van der Waals surface area contributed by atoms with Gasteiger partial charge < -0.3 is 14.8 Å². The summed E-state index contributed by atoms with van der Waals surface area (Å²) in [6.07, 6.45) is 1.01. The van der Waals surface area contributed by atoms with E-state index in [4.69, 9.17) is 9.47 Å². The maximum atomic E-state index is 6.00. The van der Waals surface area contributed by atoms with E-state index in [0.717, 1.165) is 36.8 Å². The van der Waals surface area contributed by atoms with Gasteiger partial charge in [-0.1, -0.05) is 39.0 Å². The Morgan fingerprint density at radius 1 is 1.00 bits per heavy atom. The third-order valence-corrected chi connectivity index (χ3v) is 3.79. The minimum Gasteiger partial charge on any atom is -0.494 e. The zero-order chi connectivity index (χ0) is 17.4. The number of hydrogen-bond donors (Lipinski definition) is 1. The van der Waals surface area contributed by atoms with Crippen LogP contribution in [0.25, 0.3) is 0 Å². The average Bonchev–Trinajstić information content (AvgIpc) is 2.57. The Bertz CT molecular complexity index is 637. The molecule has 0 radical (unpaired) electrons. The van der Waals surface area contributed by atoms with Gasteiger partial charge in [0.05, 0.1) is 6.61 Å². The largest absolute Gasteiger partial charge is 0.494 e.